The van der Waals surface area contributed by atoms with Crippen LogP contribution in [0.3, 0.4) is 0 Å². The van der Waals surface area contributed by atoms with E-state index in [-0.39, 0.29) is 0 Å². The zero-order valence-corrected chi connectivity index (χ0v) is 14.4. The van der Waals surface area contributed by atoms with Crippen molar-refractivity contribution in [1.82, 2.24) is 0 Å². The number of rotatable bonds is 3. The average Bonchev–Trinajstić information content (AvgIpc) is 2.98. The van der Waals surface area contributed by atoms with Crippen molar-refractivity contribution >= 4 is 22.9 Å². The van der Waals surface area contributed by atoms with E-state index in [1.165, 1.54) is 11.3 Å². The van der Waals surface area contributed by atoms with Gasteiger partial charge in [0.1, 0.15) is 5.82 Å². The number of amides is 1. The van der Waals surface area contributed by atoms with Crippen LogP contribution in [0.1, 0.15) is 45.4 Å². The molecule has 25 heavy (non-hydrogen) atoms. The molecule has 0 aliphatic heterocycles. The highest BCUT2D eigenvalue weighted by Gasteiger charge is 2.31. The number of benzene rings is 1. The summed E-state index contributed by atoms with van der Waals surface area (Å²) in [6, 6.07) is 3.76. The Morgan fingerprint density at radius 1 is 1.32 bits per heavy atom. The fraction of sp³-hybridized carbons (Fsp3) is 0.389. The third-order valence-electron chi connectivity index (χ3n) is 4.53. The lowest BCUT2D eigenvalue weighted by molar-refractivity contribution is -0.137. The Morgan fingerprint density at radius 2 is 2.08 bits per heavy atom. The Bertz CT molecular complexity index is 797. The Labute approximate surface area is 146 Å². The van der Waals surface area contributed by atoms with Crippen molar-refractivity contribution in [1.29, 1.82) is 0 Å². The third kappa shape index (κ3) is 3.86. The lowest BCUT2D eigenvalue weighted by atomic mass is 9.87. The minimum Gasteiger partial charge on any atom is -0.319 e. The van der Waals surface area contributed by atoms with Crippen molar-refractivity contribution in [3.05, 3.63) is 51.0 Å². The summed E-state index contributed by atoms with van der Waals surface area (Å²) in [6.07, 6.45) is -0.624. The molecule has 0 saturated heterocycles. The fourth-order valence-electron chi connectivity index (χ4n) is 3.04. The molecule has 1 aliphatic carbocycles. The lowest BCUT2D eigenvalue weighted by Crippen LogP contribution is -2.13. The summed E-state index contributed by atoms with van der Waals surface area (Å²) in [5.74, 6) is -0.877. The van der Waals surface area contributed by atoms with Crippen LogP contribution in [0, 0.1) is 11.7 Å². The van der Waals surface area contributed by atoms with Crippen molar-refractivity contribution < 1.29 is 22.4 Å². The molecule has 0 fully saturated rings. The summed E-state index contributed by atoms with van der Waals surface area (Å²) < 4.78 is 52.0. The number of hydrogen-bond acceptors (Lipinski definition) is 2. The van der Waals surface area contributed by atoms with Gasteiger partial charge < -0.3 is 5.32 Å². The summed E-state index contributed by atoms with van der Waals surface area (Å²) in [7, 11) is 0. The van der Waals surface area contributed by atoms with Crippen molar-refractivity contribution in [3.63, 3.8) is 0 Å². The summed E-state index contributed by atoms with van der Waals surface area (Å²) in [4.78, 5) is 13.9. The van der Waals surface area contributed by atoms with Crippen molar-refractivity contribution in [2.45, 2.75) is 38.8 Å². The number of carbonyl (C=O) groups is 1. The zero-order valence-electron chi connectivity index (χ0n) is 13.5. The number of thiophene rings is 1. The van der Waals surface area contributed by atoms with Gasteiger partial charge >= 0.3 is 6.18 Å². The van der Waals surface area contributed by atoms with Gasteiger partial charge in [-0.15, -0.1) is 11.3 Å². The third-order valence-corrected chi connectivity index (χ3v) is 5.76. The molecule has 2 aromatic rings. The van der Waals surface area contributed by atoms with Crippen LogP contribution in [-0.4, -0.2) is 5.91 Å². The Hall–Kier alpha value is -1.89. The summed E-state index contributed by atoms with van der Waals surface area (Å²) >= 11 is 1.33. The smallest absolute Gasteiger partial charge is 0.319 e. The molecule has 1 atom stereocenters. The van der Waals surface area contributed by atoms with Crippen molar-refractivity contribution in [3.8, 4) is 0 Å². The maximum Gasteiger partial charge on any atom is 0.416 e. The fourth-order valence-corrected chi connectivity index (χ4v) is 4.14. The standard InChI is InChI=1S/C18H17F4NOS/c1-2-10-3-6-15-11(7-10)8-16(25-15)17(24)23-14-9-12(18(20,21)22)4-5-13(14)19/h4-5,8-10H,2-3,6-7H2,1H3,(H,23,24)/t10-/m0/s1. The number of nitrogens with one attached hydrogen (secondary N) is 1. The molecule has 0 bridgehead atoms. The van der Waals surface area contributed by atoms with Crippen LogP contribution in [0.4, 0.5) is 23.2 Å². The van der Waals surface area contributed by atoms with Crippen LogP contribution in [0.5, 0.6) is 0 Å². The molecular weight excluding hydrogens is 354 g/mol. The molecule has 0 unspecified atom stereocenters. The number of fused-ring (bicyclic) bond motifs is 1. The highest BCUT2D eigenvalue weighted by molar-refractivity contribution is 7.14. The zero-order chi connectivity index (χ0) is 18.2. The highest BCUT2D eigenvalue weighted by atomic mass is 32.1. The van der Waals surface area contributed by atoms with E-state index in [2.05, 4.69) is 12.2 Å². The summed E-state index contributed by atoms with van der Waals surface area (Å²) in [6.45, 7) is 2.13. The topological polar surface area (TPSA) is 29.1 Å². The van der Waals surface area contributed by atoms with Gasteiger partial charge in [-0.2, -0.15) is 13.2 Å². The van der Waals surface area contributed by atoms with Crippen LogP contribution in [0.25, 0.3) is 0 Å². The Balaban J connectivity index is 1.81. The number of aryl methyl sites for hydroxylation is 1. The van der Waals surface area contributed by atoms with E-state index in [4.69, 9.17) is 0 Å². The molecule has 1 aliphatic rings. The largest absolute Gasteiger partial charge is 0.416 e. The van der Waals surface area contributed by atoms with Gasteiger partial charge in [0.05, 0.1) is 16.1 Å². The number of carbonyl (C=O) groups excluding carboxylic acids is 1. The predicted octanol–water partition coefficient (Wildman–Crippen LogP) is 5.67. The molecule has 134 valence electrons. The first kappa shape index (κ1) is 17.9. The SMILES string of the molecule is CC[C@H]1CCc2sc(C(=O)Nc3cc(C(F)(F)F)ccc3F)cc2C1. The maximum atomic E-state index is 13.8. The van der Waals surface area contributed by atoms with Gasteiger partial charge in [-0.05, 0) is 55.0 Å². The van der Waals surface area contributed by atoms with Crippen LogP contribution in [-0.2, 0) is 19.0 Å². The first-order valence-corrected chi connectivity index (χ1v) is 8.89. The van der Waals surface area contributed by atoms with E-state index in [0.29, 0.717) is 29.0 Å². The molecule has 2 nitrogen and oxygen atoms in total. The van der Waals surface area contributed by atoms with Gasteiger partial charge in [-0.25, -0.2) is 4.39 Å². The molecule has 3 rings (SSSR count). The Morgan fingerprint density at radius 3 is 2.76 bits per heavy atom. The van der Waals surface area contributed by atoms with Gasteiger partial charge in [-0.3, -0.25) is 4.79 Å². The lowest BCUT2D eigenvalue weighted by Gasteiger charge is -2.19. The second-order valence-corrected chi connectivity index (χ2v) is 7.36. The molecule has 0 spiro atoms. The van der Waals surface area contributed by atoms with Crippen molar-refractivity contribution in [2.24, 2.45) is 5.92 Å². The minimum absolute atomic E-state index is 0.401. The van der Waals surface area contributed by atoms with Crippen LogP contribution >= 0.6 is 11.3 Å². The molecule has 1 N–H and O–H groups in total. The first-order chi connectivity index (χ1) is 11.8. The van der Waals surface area contributed by atoms with E-state index < -0.39 is 29.2 Å². The maximum absolute atomic E-state index is 13.8. The second-order valence-electron chi connectivity index (χ2n) is 6.22. The van der Waals surface area contributed by atoms with Gasteiger partial charge in [0.25, 0.3) is 5.91 Å². The minimum atomic E-state index is -4.59. The van der Waals surface area contributed by atoms with Crippen LogP contribution < -0.4 is 5.32 Å². The monoisotopic (exact) mass is 371 g/mol. The number of alkyl halides is 3. The van der Waals surface area contributed by atoms with Gasteiger partial charge in [0.2, 0.25) is 0 Å². The average molecular weight is 371 g/mol. The van der Waals surface area contributed by atoms with E-state index in [9.17, 15) is 22.4 Å². The molecular formula is C18H17F4NOS. The van der Waals surface area contributed by atoms with Gasteiger partial charge in [0, 0.05) is 4.88 Å². The predicted molar refractivity (Wildman–Crippen MR) is 89.5 cm³/mol. The number of anilines is 1. The molecule has 1 aromatic carbocycles. The van der Waals surface area contributed by atoms with E-state index in [0.717, 1.165) is 36.1 Å². The molecule has 7 heteroatoms. The molecule has 0 radical (unpaired) electrons. The normalized spacial score (nSPS) is 17.2. The quantitative estimate of drug-likeness (QED) is 0.692. The second kappa shape index (κ2) is 6.78. The summed E-state index contributed by atoms with van der Waals surface area (Å²) in [5, 5.41) is 2.27. The molecule has 1 heterocycles. The number of hydrogen-bond donors (Lipinski definition) is 1. The summed E-state index contributed by atoms with van der Waals surface area (Å²) in [5.41, 5.74) is -0.337. The highest BCUT2D eigenvalue weighted by Crippen LogP contribution is 2.35. The molecule has 1 aromatic heterocycles. The van der Waals surface area contributed by atoms with E-state index in [1.54, 1.807) is 6.07 Å². The van der Waals surface area contributed by atoms with Gasteiger partial charge in [-0.1, -0.05) is 13.3 Å². The van der Waals surface area contributed by atoms with Crippen LogP contribution in [0.2, 0.25) is 0 Å². The van der Waals surface area contributed by atoms with Gasteiger partial charge in [0.15, 0.2) is 0 Å². The van der Waals surface area contributed by atoms with E-state index in [1.807, 2.05) is 0 Å². The number of halogens is 4. The first-order valence-electron chi connectivity index (χ1n) is 8.07. The molecule has 1 amide bonds. The van der Waals surface area contributed by atoms with Crippen molar-refractivity contribution in [2.75, 3.05) is 5.32 Å². The van der Waals surface area contributed by atoms with Crippen LogP contribution in [0.15, 0.2) is 24.3 Å². The van der Waals surface area contributed by atoms with E-state index >= 15 is 0 Å². The molecule has 0 saturated carbocycles. The Kier molecular flexibility index (Phi) is 4.86.